The van der Waals surface area contributed by atoms with Gasteiger partial charge >= 0.3 is 0 Å². The molecule has 2 aliphatic rings. The zero-order chi connectivity index (χ0) is 18.6. The highest BCUT2D eigenvalue weighted by atomic mass is 16.5. The molecule has 0 saturated carbocycles. The van der Waals surface area contributed by atoms with Crippen molar-refractivity contribution in [1.29, 1.82) is 0 Å². The van der Waals surface area contributed by atoms with Crippen molar-refractivity contribution in [2.75, 3.05) is 63.9 Å². The van der Waals surface area contributed by atoms with Gasteiger partial charge in [-0.2, -0.15) is 5.10 Å². The van der Waals surface area contributed by atoms with E-state index in [4.69, 9.17) is 4.74 Å². The van der Waals surface area contributed by atoms with Crippen molar-refractivity contribution < 1.29 is 9.53 Å². The van der Waals surface area contributed by atoms with Gasteiger partial charge in [0.2, 0.25) is 5.91 Å². The Morgan fingerprint density at radius 1 is 1.00 bits per heavy atom. The van der Waals surface area contributed by atoms with Crippen LogP contribution in [0, 0.1) is 6.92 Å². The third-order valence-electron chi connectivity index (χ3n) is 5.01. The minimum Gasteiger partial charge on any atom is -0.378 e. The maximum absolute atomic E-state index is 12.4. The lowest BCUT2D eigenvalue weighted by atomic mass is 10.3. The first-order valence-corrected chi connectivity index (χ1v) is 9.38. The lowest BCUT2D eigenvalue weighted by Gasteiger charge is -2.36. The standard InChI is InChI=1S/C18H25N7O2/c1-15-4-5-25(21-15)17-3-2-16(19-20-17)23-8-6-22(7-9-23)14-18(26)24-10-12-27-13-11-24/h2-5H,6-14H2,1H3. The molecule has 0 radical (unpaired) electrons. The van der Waals surface area contributed by atoms with Crippen molar-refractivity contribution in [2.24, 2.45) is 0 Å². The van der Waals surface area contributed by atoms with Crippen LogP contribution in [-0.4, -0.2) is 94.7 Å². The molecule has 0 aliphatic carbocycles. The number of carbonyl (C=O) groups excluding carboxylic acids is 1. The van der Waals surface area contributed by atoms with E-state index in [2.05, 4.69) is 25.1 Å². The number of nitrogens with zero attached hydrogens (tertiary/aromatic N) is 7. The van der Waals surface area contributed by atoms with E-state index < -0.39 is 0 Å². The van der Waals surface area contributed by atoms with Crippen LogP contribution in [0.1, 0.15) is 5.69 Å². The summed E-state index contributed by atoms with van der Waals surface area (Å²) in [4.78, 5) is 18.7. The number of hydrogen-bond donors (Lipinski definition) is 0. The van der Waals surface area contributed by atoms with Gasteiger partial charge in [-0.1, -0.05) is 0 Å². The number of amides is 1. The molecule has 0 spiro atoms. The van der Waals surface area contributed by atoms with Crippen LogP contribution in [0.25, 0.3) is 5.82 Å². The minimum atomic E-state index is 0.199. The largest absolute Gasteiger partial charge is 0.378 e. The van der Waals surface area contributed by atoms with Gasteiger partial charge in [0.15, 0.2) is 11.6 Å². The molecule has 1 amide bonds. The first-order valence-electron chi connectivity index (χ1n) is 9.38. The number of morpholine rings is 1. The second-order valence-electron chi connectivity index (χ2n) is 6.91. The molecule has 0 bridgehead atoms. The second kappa shape index (κ2) is 8.01. The van der Waals surface area contributed by atoms with Gasteiger partial charge in [0, 0.05) is 45.5 Å². The van der Waals surface area contributed by atoms with Crippen LogP contribution in [0.5, 0.6) is 0 Å². The van der Waals surface area contributed by atoms with E-state index in [0.29, 0.717) is 38.7 Å². The van der Waals surface area contributed by atoms with E-state index in [1.165, 1.54) is 0 Å². The summed E-state index contributed by atoms with van der Waals surface area (Å²) in [5.41, 5.74) is 0.948. The summed E-state index contributed by atoms with van der Waals surface area (Å²) in [7, 11) is 0. The molecule has 0 aromatic carbocycles. The fourth-order valence-electron chi connectivity index (χ4n) is 3.39. The quantitative estimate of drug-likeness (QED) is 0.746. The highest BCUT2D eigenvalue weighted by molar-refractivity contribution is 5.78. The lowest BCUT2D eigenvalue weighted by Crippen LogP contribution is -2.51. The summed E-state index contributed by atoms with van der Waals surface area (Å²) in [5, 5.41) is 13.0. The zero-order valence-electron chi connectivity index (χ0n) is 15.6. The van der Waals surface area contributed by atoms with Crippen molar-refractivity contribution in [2.45, 2.75) is 6.92 Å². The fraction of sp³-hybridized carbons (Fsp3) is 0.556. The van der Waals surface area contributed by atoms with Crippen molar-refractivity contribution in [1.82, 2.24) is 29.8 Å². The first kappa shape index (κ1) is 17.9. The third kappa shape index (κ3) is 4.25. The number of carbonyl (C=O) groups is 1. The normalized spacial score (nSPS) is 18.7. The number of ether oxygens (including phenoxy) is 1. The fourth-order valence-corrected chi connectivity index (χ4v) is 3.39. The van der Waals surface area contributed by atoms with E-state index in [0.717, 1.165) is 37.7 Å². The molecule has 0 N–H and O–H groups in total. The van der Waals surface area contributed by atoms with Crippen LogP contribution in [0.3, 0.4) is 0 Å². The van der Waals surface area contributed by atoms with Crippen LogP contribution in [0.4, 0.5) is 5.82 Å². The highest BCUT2D eigenvalue weighted by Gasteiger charge is 2.23. The maximum Gasteiger partial charge on any atom is 0.236 e. The Morgan fingerprint density at radius 3 is 2.33 bits per heavy atom. The third-order valence-corrected chi connectivity index (χ3v) is 5.01. The molecule has 0 atom stereocenters. The predicted molar refractivity (Wildman–Crippen MR) is 99.9 cm³/mol. The van der Waals surface area contributed by atoms with Gasteiger partial charge in [0.25, 0.3) is 0 Å². The number of hydrogen-bond acceptors (Lipinski definition) is 7. The number of aryl methyl sites for hydroxylation is 1. The topological polar surface area (TPSA) is 79.6 Å². The van der Waals surface area contributed by atoms with Gasteiger partial charge < -0.3 is 14.5 Å². The summed E-state index contributed by atoms with van der Waals surface area (Å²) in [6.07, 6.45) is 1.88. The summed E-state index contributed by atoms with van der Waals surface area (Å²) < 4.78 is 7.03. The van der Waals surface area contributed by atoms with Crippen LogP contribution in [0.2, 0.25) is 0 Å². The molecule has 27 heavy (non-hydrogen) atoms. The van der Waals surface area contributed by atoms with Gasteiger partial charge in [-0.05, 0) is 25.1 Å². The smallest absolute Gasteiger partial charge is 0.236 e. The Morgan fingerprint density at radius 2 is 1.70 bits per heavy atom. The molecular formula is C18H25N7O2. The number of anilines is 1. The predicted octanol–water partition coefficient (Wildman–Crippen LogP) is -0.0485. The number of piperazine rings is 1. The monoisotopic (exact) mass is 371 g/mol. The van der Waals surface area contributed by atoms with Crippen LogP contribution >= 0.6 is 0 Å². The maximum atomic E-state index is 12.4. The molecule has 4 rings (SSSR count). The Hall–Kier alpha value is -2.52. The number of aromatic nitrogens is 4. The van der Waals surface area contributed by atoms with E-state index in [-0.39, 0.29) is 5.91 Å². The summed E-state index contributed by atoms with van der Waals surface area (Å²) in [6, 6.07) is 5.85. The van der Waals surface area contributed by atoms with E-state index in [9.17, 15) is 4.79 Å². The molecule has 9 heteroatoms. The summed E-state index contributed by atoms with van der Waals surface area (Å²) >= 11 is 0. The molecule has 4 heterocycles. The molecule has 2 aromatic heterocycles. The van der Waals surface area contributed by atoms with Gasteiger partial charge in [0.1, 0.15) is 0 Å². The highest BCUT2D eigenvalue weighted by Crippen LogP contribution is 2.14. The summed E-state index contributed by atoms with van der Waals surface area (Å²) in [5.74, 6) is 1.77. The molecule has 2 saturated heterocycles. The van der Waals surface area contributed by atoms with Crippen LogP contribution in [0.15, 0.2) is 24.4 Å². The molecule has 2 fully saturated rings. The van der Waals surface area contributed by atoms with E-state index in [1.54, 1.807) is 4.68 Å². The minimum absolute atomic E-state index is 0.199. The van der Waals surface area contributed by atoms with Crippen LogP contribution in [-0.2, 0) is 9.53 Å². The number of rotatable bonds is 4. The van der Waals surface area contributed by atoms with Crippen molar-refractivity contribution >= 4 is 11.7 Å². The molecule has 0 unspecified atom stereocenters. The molecule has 2 aliphatic heterocycles. The van der Waals surface area contributed by atoms with Crippen molar-refractivity contribution in [3.63, 3.8) is 0 Å². The van der Waals surface area contributed by atoms with Crippen molar-refractivity contribution in [3.8, 4) is 5.82 Å². The van der Waals surface area contributed by atoms with Gasteiger partial charge in [-0.15, -0.1) is 10.2 Å². The van der Waals surface area contributed by atoms with E-state index >= 15 is 0 Å². The average Bonchev–Trinajstić information content (AvgIpc) is 3.16. The lowest BCUT2D eigenvalue weighted by molar-refractivity contribution is -0.136. The summed E-state index contributed by atoms with van der Waals surface area (Å²) in [6.45, 7) is 8.50. The van der Waals surface area contributed by atoms with Gasteiger partial charge in [-0.3, -0.25) is 9.69 Å². The van der Waals surface area contributed by atoms with Gasteiger partial charge in [-0.25, -0.2) is 4.68 Å². The second-order valence-corrected chi connectivity index (χ2v) is 6.91. The van der Waals surface area contributed by atoms with E-state index in [1.807, 2.05) is 36.2 Å². The molecule has 2 aromatic rings. The first-order chi connectivity index (χ1) is 13.2. The SMILES string of the molecule is Cc1ccn(-c2ccc(N3CCN(CC(=O)N4CCOCC4)CC3)nn2)n1. The van der Waals surface area contributed by atoms with Crippen LogP contribution < -0.4 is 4.90 Å². The average molecular weight is 371 g/mol. The zero-order valence-corrected chi connectivity index (χ0v) is 15.6. The van der Waals surface area contributed by atoms with Crippen molar-refractivity contribution in [3.05, 3.63) is 30.1 Å². The molecular weight excluding hydrogens is 346 g/mol. The Labute approximate surface area is 158 Å². The molecule has 144 valence electrons. The Kier molecular flexibility index (Phi) is 5.30. The Bertz CT molecular complexity index is 762. The molecule has 9 nitrogen and oxygen atoms in total. The Balaban J connectivity index is 1.29. The van der Waals surface area contributed by atoms with Gasteiger partial charge in [0.05, 0.1) is 25.5 Å².